The molecule has 0 aliphatic carbocycles. The third-order valence-electron chi connectivity index (χ3n) is 5.14. The first-order chi connectivity index (χ1) is 11.8. The van der Waals surface area contributed by atoms with Gasteiger partial charge in [0.15, 0.2) is 0 Å². The van der Waals surface area contributed by atoms with E-state index < -0.39 is 0 Å². The molecule has 0 spiro atoms. The lowest BCUT2D eigenvalue weighted by Crippen LogP contribution is -2.42. The number of amides is 1. The second-order valence-corrected chi connectivity index (χ2v) is 6.48. The van der Waals surface area contributed by atoms with Gasteiger partial charge in [0.1, 0.15) is 5.75 Å². The second-order valence-electron chi connectivity index (χ2n) is 6.48. The highest BCUT2D eigenvalue weighted by Gasteiger charge is 2.39. The summed E-state index contributed by atoms with van der Waals surface area (Å²) in [6, 6.07) is 8.32. The van der Waals surface area contributed by atoms with Crippen molar-refractivity contribution in [1.82, 2.24) is 20.4 Å². The van der Waals surface area contributed by atoms with Crippen LogP contribution in [0.25, 0.3) is 11.3 Å². The van der Waals surface area contributed by atoms with Crippen LogP contribution in [-0.4, -0.2) is 53.3 Å². The van der Waals surface area contributed by atoms with Crippen molar-refractivity contribution in [2.45, 2.75) is 31.3 Å². The Morgan fingerprint density at radius 1 is 1.20 bits per heavy atom. The quantitative estimate of drug-likeness (QED) is 0.880. The van der Waals surface area contributed by atoms with Crippen molar-refractivity contribution in [1.29, 1.82) is 0 Å². The van der Waals surface area contributed by atoms with Gasteiger partial charge in [-0.25, -0.2) is 0 Å². The van der Waals surface area contributed by atoms with Gasteiger partial charge >= 0.3 is 0 Å². The number of hydrogen-bond acceptors (Lipinski definition) is 4. The van der Waals surface area contributed by atoms with E-state index in [1.54, 1.807) is 13.3 Å². The number of benzene rings is 1. The highest BCUT2D eigenvalue weighted by molar-refractivity contribution is 6.00. The van der Waals surface area contributed by atoms with Crippen LogP contribution < -0.4 is 10.1 Å². The van der Waals surface area contributed by atoms with Crippen LogP contribution >= 0.6 is 12.4 Å². The predicted molar refractivity (Wildman–Crippen MR) is 98.3 cm³/mol. The van der Waals surface area contributed by atoms with E-state index >= 15 is 0 Å². The molecule has 2 fully saturated rings. The van der Waals surface area contributed by atoms with Crippen molar-refractivity contribution in [2.24, 2.45) is 0 Å². The number of nitrogens with zero attached hydrogens (tertiary/aromatic N) is 2. The zero-order valence-corrected chi connectivity index (χ0v) is 15.0. The number of methoxy groups -OCH3 is 1. The smallest absolute Gasteiger partial charge is 0.258 e. The molecule has 25 heavy (non-hydrogen) atoms. The van der Waals surface area contributed by atoms with Gasteiger partial charge in [-0.3, -0.25) is 9.89 Å². The fraction of sp³-hybridized carbons (Fsp3) is 0.444. The maximum absolute atomic E-state index is 13.2. The van der Waals surface area contributed by atoms with Crippen molar-refractivity contribution in [3.63, 3.8) is 0 Å². The Balaban J connectivity index is 0.00000182. The molecule has 0 radical (unpaired) electrons. The fourth-order valence-corrected chi connectivity index (χ4v) is 3.88. The minimum absolute atomic E-state index is 0. The number of halogens is 1. The van der Waals surface area contributed by atoms with E-state index in [4.69, 9.17) is 4.74 Å². The van der Waals surface area contributed by atoms with E-state index in [2.05, 4.69) is 20.4 Å². The number of ether oxygens (including phenoxy) is 1. The third-order valence-corrected chi connectivity index (χ3v) is 5.14. The zero-order chi connectivity index (χ0) is 16.5. The van der Waals surface area contributed by atoms with E-state index in [1.165, 1.54) is 0 Å². The number of rotatable bonds is 3. The summed E-state index contributed by atoms with van der Waals surface area (Å²) in [7, 11) is 1.64. The molecule has 2 aliphatic heterocycles. The number of aromatic nitrogens is 2. The number of nitrogens with one attached hydrogen (secondary N) is 2. The second kappa shape index (κ2) is 7.45. The van der Waals surface area contributed by atoms with Crippen LogP contribution in [-0.2, 0) is 0 Å². The Morgan fingerprint density at radius 3 is 2.72 bits per heavy atom. The highest BCUT2D eigenvalue weighted by atomic mass is 35.5. The molecule has 4 rings (SSSR count). The molecule has 2 atom stereocenters. The largest absolute Gasteiger partial charge is 0.497 e. The summed E-state index contributed by atoms with van der Waals surface area (Å²) in [5, 5.41) is 10.6. The average molecular weight is 363 g/mol. The summed E-state index contributed by atoms with van der Waals surface area (Å²) in [4.78, 5) is 15.3. The first-order valence-corrected chi connectivity index (χ1v) is 8.49. The summed E-state index contributed by atoms with van der Waals surface area (Å²) in [5.74, 6) is 0.883. The molecule has 1 amide bonds. The maximum Gasteiger partial charge on any atom is 0.258 e. The minimum Gasteiger partial charge on any atom is -0.497 e. The first-order valence-electron chi connectivity index (χ1n) is 8.49. The van der Waals surface area contributed by atoms with Gasteiger partial charge in [-0.15, -0.1) is 12.4 Å². The van der Waals surface area contributed by atoms with Gasteiger partial charge in [0, 0.05) is 24.2 Å². The van der Waals surface area contributed by atoms with E-state index in [1.807, 2.05) is 24.3 Å². The van der Waals surface area contributed by atoms with Crippen molar-refractivity contribution in [2.75, 3.05) is 20.2 Å². The standard InChI is InChI=1S/C18H22N4O2.ClH/c1-24-15-6-2-12(3-7-15)17-16(11-20-21-17)18(23)22-13-4-5-14(22)10-19-9-8-13;/h2-3,6-7,11,13-14,19H,4-5,8-10H2,1H3,(H,20,21);1H. The van der Waals surface area contributed by atoms with Crippen LogP contribution in [0.5, 0.6) is 5.75 Å². The lowest BCUT2D eigenvalue weighted by molar-refractivity contribution is 0.0681. The molecule has 3 heterocycles. The van der Waals surface area contributed by atoms with Crippen LogP contribution in [0.4, 0.5) is 0 Å². The molecule has 2 aliphatic rings. The van der Waals surface area contributed by atoms with E-state index in [-0.39, 0.29) is 18.3 Å². The van der Waals surface area contributed by atoms with Gasteiger partial charge in [0.05, 0.1) is 24.6 Å². The molecule has 0 saturated carbocycles. The third kappa shape index (κ3) is 3.24. The van der Waals surface area contributed by atoms with Crippen molar-refractivity contribution in [3.8, 4) is 17.0 Å². The molecule has 2 bridgehead atoms. The van der Waals surface area contributed by atoms with Crippen LogP contribution in [0.15, 0.2) is 30.5 Å². The Kier molecular flexibility index (Phi) is 5.30. The highest BCUT2D eigenvalue weighted by Crippen LogP contribution is 2.32. The number of carbonyl (C=O) groups excluding carboxylic acids is 1. The minimum atomic E-state index is 0. The molecular weight excluding hydrogens is 340 g/mol. The van der Waals surface area contributed by atoms with Gasteiger partial charge in [-0.1, -0.05) is 0 Å². The van der Waals surface area contributed by atoms with E-state index in [9.17, 15) is 4.79 Å². The monoisotopic (exact) mass is 362 g/mol. The van der Waals surface area contributed by atoms with E-state index in [0.29, 0.717) is 17.6 Å². The van der Waals surface area contributed by atoms with Gasteiger partial charge in [0.2, 0.25) is 0 Å². The molecule has 1 aromatic heterocycles. The maximum atomic E-state index is 13.2. The van der Waals surface area contributed by atoms with Crippen molar-refractivity contribution in [3.05, 3.63) is 36.0 Å². The molecule has 2 aromatic rings. The predicted octanol–water partition coefficient (Wildman–Crippen LogP) is 2.47. The first kappa shape index (κ1) is 17.8. The summed E-state index contributed by atoms with van der Waals surface area (Å²) in [6.45, 7) is 1.87. The molecule has 2 saturated heterocycles. The van der Waals surface area contributed by atoms with Crippen molar-refractivity contribution >= 4 is 18.3 Å². The normalized spacial score (nSPS) is 22.2. The van der Waals surface area contributed by atoms with Gasteiger partial charge in [0.25, 0.3) is 5.91 Å². The number of hydrogen-bond donors (Lipinski definition) is 2. The Bertz CT molecular complexity index is 717. The Morgan fingerprint density at radius 2 is 1.96 bits per heavy atom. The van der Waals surface area contributed by atoms with Crippen molar-refractivity contribution < 1.29 is 9.53 Å². The Hall–Kier alpha value is -2.05. The van der Waals surface area contributed by atoms with Crippen LogP contribution in [0.2, 0.25) is 0 Å². The lowest BCUT2D eigenvalue weighted by Gasteiger charge is -2.27. The summed E-state index contributed by atoms with van der Waals surface area (Å²) in [6.07, 6.45) is 4.87. The molecule has 1 aromatic carbocycles. The van der Waals surface area contributed by atoms with Gasteiger partial charge in [-0.2, -0.15) is 5.10 Å². The number of fused-ring (bicyclic) bond motifs is 2. The molecule has 6 nitrogen and oxygen atoms in total. The number of carbonyl (C=O) groups is 1. The Labute approximate surface area is 153 Å². The van der Waals surface area contributed by atoms with Gasteiger partial charge < -0.3 is 15.0 Å². The molecular formula is C18H23ClN4O2. The van der Waals surface area contributed by atoms with Crippen LogP contribution in [0, 0.1) is 0 Å². The topological polar surface area (TPSA) is 70.2 Å². The lowest BCUT2D eigenvalue weighted by atomic mass is 10.1. The SMILES string of the molecule is COc1ccc(-c2[nH]ncc2C(=O)N2C3CCNCC2CC3)cc1.Cl. The average Bonchev–Trinajstić information content (AvgIpc) is 3.18. The molecule has 2 unspecified atom stereocenters. The van der Waals surface area contributed by atoms with Crippen LogP contribution in [0.1, 0.15) is 29.6 Å². The van der Waals surface area contributed by atoms with Crippen LogP contribution in [0.3, 0.4) is 0 Å². The number of aromatic amines is 1. The van der Waals surface area contributed by atoms with Gasteiger partial charge in [-0.05, 0) is 50.1 Å². The zero-order valence-electron chi connectivity index (χ0n) is 14.2. The van der Waals surface area contributed by atoms with E-state index in [0.717, 1.165) is 49.4 Å². The summed E-state index contributed by atoms with van der Waals surface area (Å²) < 4.78 is 5.20. The summed E-state index contributed by atoms with van der Waals surface area (Å²) in [5.41, 5.74) is 2.37. The number of H-pyrrole nitrogens is 1. The summed E-state index contributed by atoms with van der Waals surface area (Å²) >= 11 is 0. The fourth-order valence-electron chi connectivity index (χ4n) is 3.88. The molecule has 7 heteroatoms. The molecule has 134 valence electrons. The molecule has 2 N–H and O–H groups in total.